The summed E-state index contributed by atoms with van der Waals surface area (Å²) in [6.45, 7) is 2.20. The summed E-state index contributed by atoms with van der Waals surface area (Å²) < 4.78 is 0. The molecule has 1 aliphatic rings. The molecule has 0 saturated heterocycles. The minimum Gasteiger partial charge on any atom is -0.192 e. The predicted octanol–water partition coefficient (Wildman–Crippen LogP) is 2.79. The van der Waals surface area contributed by atoms with Gasteiger partial charge in [-0.1, -0.05) is 32.3 Å². The largest absolute Gasteiger partial charge is 0.192 e. The average Bonchev–Trinajstić information content (AvgIpc) is 2.17. The summed E-state index contributed by atoms with van der Waals surface area (Å²) in [4.78, 5) is 0. The van der Waals surface area contributed by atoms with E-state index in [0.29, 0.717) is 11.8 Å². The lowest BCUT2D eigenvalue weighted by atomic mass is 9.80. The zero-order valence-electron chi connectivity index (χ0n) is 7.95. The summed E-state index contributed by atoms with van der Waals surface area (Å²) in [6, 6.07) is 3.84. The fraction of sp³-hybridized carbons (Fsp3) is 0.636. The molecule has 0 N–H and O–H groups in total. The zero-order chi connectivity index (χ0) is 9.68. The van der Waals surface area contributed by atoms with E-state index in [4.69, 9.17) is 10.5 Å². The van der Waals surface area contributed by atoms with Crippen molar-refractivity contribution in [2.24, 2.45) is 11.8 Å². The fourth-order valence-corrected chi connectivity index (χ4v) is 1.91. The number of hydrogen-bond acceptors (Lipinski definition) is 2. The Morgan fingerprint density at radius 2 is 1.85 bits per heavy atom. The van der Waals surface area contributed by atoms with Gasteiger partial charge in [0.25, 0.3) is 0 Å². The van der Waals surface area contributed by atoms with Crippen molar-refractivity contribution in [2.45, 2.75) is 32.6 Å². The molecule has 0 radical (unpaired) electrons. The van der Waals surface area contributed by atoms with Crippen LogP contribution >= 0.6 is 0 Å². The Bertz CT molecular complexity index is 261. The third kappa shape index (κ3) is 2.60. The van der Waals surface area contributed by atoms with Crippen molar-refractivity contribution in [1.29, 1.82) is 10.5 Å². The summed E-state index contributed by atoms with van der Waals surface area (Å²) in [6.07, 6.45) is 6.73. The molecular formula is C11H14N2. The smallest absolute Gasteiger partial charge is 0.125 e. The number of rotatable bonds is 1. The Kier molecular flexibility index (Phi) is 3.53. The molecule has 0 bridgehead atoms. The van der Waals surface area contributed by atoms with E-state index in [-0.39, 0.29) is 5.57 Å². The van der Waals surface area contributed by atoms with Crippen LogP contribution in [0.4, 0.5) is 0 Å². The van der Waals surface area contributed by atoms with Gasteiger partial charge in [0.2, 0.25) is 0 Å². The van der Waals surface area contributed by atoms with Crippen molar-refractivity contribution in [3.8, 4) is 12.1 Å². The van der Waals surface area contributed by atoms with Crippen LogP contribution in [0, 0.1) is 34.5 Å². The van der Waals surface area contributed by atoms with Gasteiger partial charge in [-0.05, 0) is 18.3 Å². The quantitative estimate of drug-likeness (QED) is 0.574. The molecule has 13 heavy (non-hydrogen) atoms. The van der Waals surface area contributed by atoms with Gasteiger partial charge < -0.3 is 0 Å². The van der Waals surface area contributed by atoms with Crippen LogP contribution in [-0.2, 0) is 0 Å². The van der Waals surface area contributed by atoms with Gasteiger partial charge >= 0.3 is 0 Å². The standard InChI is InChI=1S/C11H14N2/c1-9-4-2-3-5-11(9)6-10(7-12)8-13/h6,9,11H,2-5H2,1H3/t9-,11+/m0/s1. The summed E-state index contributed by atoms with van der Waals surface area (Å²) in [7, 11) is 0. The molecule has 1 fully saturated rings. The number of nitriles is 2. The van der Waals surface area contributed by atoms with Crippen LogP contribution in [0.15, 0.2) is 11.6 Å². The van der Waals surface area contributed by atoms with E-state index in [0.717, 1.165) is 6.42 Å². The summed E-state index contributed by atoms with van der Waals surface area (Å²) in [5.41, 5.74) is 0.277. The Labute approximate surface area is 79.5 Å². The fourth-order valence-electron chi connectivity index (χ4n) is 1.91. The lowest BCUT2D eigenvalue weighted by Gasteiger charge is -2.25. The van der Waals surface area contributed by atoms with E-state index < -0.39 is 0 Å². The molecule has 0 heterocycles. The van der Waals surface area contributed by atoms with Gasteiger partial charge in [0.1, 0.15) is 17.7 Å². The summed E-state index contributed by atoms with van der Waals surface area (Å²) in [5, 5.41) is 17.2. The third-order valence-electron chi connectivity index (χ3n) is 2.80. The maximum atomic E-state index is 8.60. The van der Waals surface area contributed by atoms with Crippen molar-refractivity contribution in [2.75, 3.05) is 0 Å². The van der Waals surface area contributed by atoms with Crippen LogP contribution in [0.3, 0.4) is 0 Å². The second kappa shape index (κ2) is 4.67. The van der Waals surface area contributed by atoms with E-state index in [2.05, 4.69) is 6.92 Å². The molecule has 68 valence electrons. The molecule has 0 spiro atoms. The van der Waals surface area contributed by atoms with Gasteiger partial charge in [-0.15, -0.1) is 0 Å². The van der Waals surface area contributed by atoms with Crippen molar-refractivity contribution in [3.63, 3.8) is 0 Å². The van der Waals surface area contributed by atoms with Crippen LogP contribution in [0.25, 0.3) is 0 Å². The number of hydrogen-bond donors (Lipinski definition) is 0. The molecule has 2 atom stereocenters. The highest BCUT2D eigenvalue weighted by Gasteiger charge is 2.19. The van der Waals surface area contributed by atoms with Crippen molar-refractivity contribution in [3.05, 3.63) is 11.6 Å². The summed E-state index contributed by atoms with van der Waals surface area (Å²) >= 11 is 0. The molecule has 1 aliphatic carbocycles. The molecule has 1 saturated carbocycles. The van der Waals surface area contributed by atoms with E-state index in [9.17, 15) is 0 Å². The molecule has 0 aliphatic heterocycles. The average molecular weight is 174 g/mol. The monoisotopic (exact) mass is 174 g/mol. The first kappa shape index (κ1) is 9.81. The predicted molar refractivity (Wildman–Crippen MR) is 50.4 cm³/mol. The molecule has 0 amide bonds. The second-order valence-electron chi connectivity index (χ2n) is 3.73. The highest BCUT2D eigenvalue weighted by Crippen LogP contribution is 2.30. The molecule has 0 unspecified atom stereocenters. The topological polar surface area (TPSA) is 47.6 Å². The Morgan fingerprint density at radius 1 is 1.23 bits per heavy atom. The minimum atomic E-state index is 0.277. The maximum absolute atomic E-state index is 8.60. The Morgan fingerprint density at radius 3 is 2.38 bits per heavy atom. The van der Waals surface area contributed by atoms with E-state index in [1.807, 2.05) is 18.2 Å². The van der Waals surface area contributed by atoms with Crippen molar-refractivity contribution < 1.29 is 0 Å². The van der Waals surface area contributed by atoms with Crippen molar-refractivity contribution >= 4 is 0 Å². The van der Waals surface area contributed by atoms with Crippen LogP contribution in [0.1, 0.15) is 32.6 Å². The van der Waals surface area contributed by atoms with E-state index in [1.165, 1.54) is 19.3 Å². The highest BCUT2D eigenvalue weighted by molar-refractivity contribution is 5.35. The van der Waals surface area contributed by atoms with Crippen LogP contribution in [0.2, 0.25) is 0 Å². The van der Waals surface area contributed by atoms with Gasteiger partial charge in [-0.25, -0.2) is 0 Å². The molecule has 1 rings (SSSR count). The van der Waals surface area contributed by atoms with Gasteiger partial charge in [0, 0.05) is 0 Å². The first-order valence-corrected chi connectivity index (χ1v) is 4.80. The Hall–Kier alpha value is -1.28. The SMILES string of the molecule is C[C@H]1CCCC[C@@H]1C=C(C#N)C#N. The zero-order valence-corrected chi connectivity index (χ0v) is 7.95. The maximum Gasteiger partial charge on any atom is 0.125 e. The van der Waals surface area contributed by atoms with Gasteiger partial charge in [-0.3, -0.25) is 0 Å². The normalized spacial score (nSPS) is 27.0. The Balaban J connectivity index is 2.67. The summed E-state index contributed by atoms with van der Waals surface area (Å²) in [5.74, 6) is 1.08. The van der Waals surface area contributed by atoms with Gasteiger partial charge in [0.15, 0.2) is 0 Å². The molecular weight excluding hydrogens is 160 g/mol. The molecule has 0 aromatic rings. The third-order valence-corrected chi connectivity index (χ3v) is 2.80. The molecule has 0 aromatic carbocycles. The van der Waals surface area contributed by atoms with E-state index >= 15 is 0 Å². The molecule has 0 aromatic heterocycles. The van der Waals surface area contributed by atoms with Gasteiger partial charge in [-0.2, -0.15) is 10.5 Å². The lowest BCUT2D eigenvalue weighted by Crippen LogP contribution is -2.14. The molecule has 2 heteroatoms. The van der Waals surface area contributed by atoms with Crippen LogP contribution in [0.5, 0.6) is 0 Å². The lowest BCUT2D eigenvalue weighted by molar-refractivity contribution is 0.306. The van der Waals surface area contributed by atoms with Gasteiger partial charge in [0.05, 0.1) is 0 Å². The second-order valence-corrected chi connectivity index (χ2v) is 3.73. The van der Waals surface area contributed by atoms with Crippen LogP contribution in [-0.4, -0.2) is 0 Å². The minimum absolute atomic E-state index is 0.277. The first-order valence-electron chi connectivity index (χ1n) is 4.80. The van der Waals surface area contributed by atoms with E-state index in [1.54, 1.807) is 0 Å². The first-order chi connectivity index (χ1) is 6.27. The highest BCUT2D eigenvalue weighted by atomic mass is 14.3. The van der Waals surface area contributed by atoms with Crippen molar-refractivity contribution in [1.82, 2.24) is 0 Å². The van der Waals surface area contributed by atoms with Crippen LogP contribution < -0.4 is 0 Å². The molecule has 2 nitrogen and oxygen atoms in total. The number of nitrogens with zero attached hydrogens (tertiary/aromatic N) is 2. The number of allylic oxidation sites excluding steroid dienone is 2.